The van der Waals surface area contributed by atoms with Gasteiger partial charge in [0.15, 0.2) is 0 Å². The summed E-state index contributed by atoms with van der Waals surface area (Å²) in [5, 5.41) is 3.20. The number of methoxy groups -OCH3 is 1. The van der Waals surface area contributed by atoms with Crippen LogP contribution in [0.25, 0.3) is 0 Å². The van der Waals surface area contributed by atoms with Crippen LogP contribution in [0.5, 0.6) is 0 Å². The second kappa shape index (κ2) is 6.52. The van der Waals surface area contributed by atoms with Crippen LogP contribution in [0.4, 0.5) is 5.69 Å². The van der Waals surface area contributed by atoms with Crippen LogP contribution in [0.15, 0.2) is 18.5 Å². The molecule has 1 saturated heterocycles. The molecular formula is C14H21N3O2. The number of nitrogens with one attached hydrogen (secondary N) is 1. The Bertz CT molecular complexity index is 436. The summed E-state index contributed by atoms with van der Waals surface area (Å²) < 4.78 is 5.16. The zero-order valence-electron chi connectivity index (χ0n) is 11.6. The molecule has 1 fully saturated rings. The Balaban J connectivity index is 2.08. The molecule has 1 aliphatic rings. The lowest BCUT2D eigenvalue weighted by atomic mass is 10.1. The fourth-order valence-corrected chi connectivity index (χ4v) is 2.47. The van der Waals surface area contributed by atoms with Crippen molar-refractivity contribution >= 4 is 11.6 Å². The van der Waals surface area contributed by atoms with Crippen molar-refractivity contribution in [2.24, 2.45) is 5.92 Å². The number of carbonyl (C=O) groups excluding carboxylic acids is 1. The maximum atomic E-state index is 12.5. The molecule has 19 heavy (non-hydrogen) atoms. The summed E-state index contributed by atoms with van der Waals surface area (Å²) in [6.45, 7) is 5.09. The summed E-state index contributed by atoms with van der Waals surface area (Å²) >= 11 is 0. The first-order valence-electron chi connectivity index (χ1n) is 6.72. The number of hydrogen-bond acceptors (Lipinski definition) is 4. The second-order valence-corrected chi connectivity index (χ2v) is 4.81. The van der Waals surface area contributed by atoms with Gasteiger partial charge in [0, 0.05) is 45.1 Å². The van der Waals surface area contributed by atoms with Crippen LogP contribution in [-0.2, 0) is 4.74 Å². The molecule has 1 aliphatic heterocycles. The van der Waals surface area contributed by atoms with Crippen LogP contribution in [0.1, 0.15) is 23.7 Å². The van der Waals surface area contributed by atoms with Crippen molar-refractivity contribution in [3.8, 4) is 0 Å². The molecule has 2 heterocycles. The highest BCUT2D eigenvalue weighted by atomic mass is 16.5. The van der Waals surface area contributed by atoms with Gasteiger partial charge < -0.3 is 15.0 Å². The summed E-state index contributed by atoms with van der Waals surface area (Å²) in [7, 11) is 1.70. The van der Waals surface area contributed by atoms with E-state index < -0.39 is 0 Å². The summed E-state index contributed by atoms with van der Waals surface area (Å²) in [6, 6.07) is 1.85. The van der Waals surface area contributed by atoms with Gasteiger partial charge in [0.05, 0.1) is 17.9 Å². The maximum absolute atomic E-state index is 12.5. The molecule has 0 radical (unpaired) electrons. The molecule has 1 amide bonds. The van der Waals surface area contributed by atoms with Crippen molar-refractivity contribution in [2.75, 3.05) is 38.7 Å². The largest absolute Gasteiger partial charge is 0.385 e. The molecule has 0 spiro atoms. The first-order chi connectivity index (χ1) is 9.26. The Morgan fingerprint density at radius 2 is 2.47 bits per heavy atom. The van der Waals surface area contributed by atoms with Crippen LogP contribution in [0, 0.1) is 5.92 Å². The fourth-order valence-electron chi connectivity index (χ4n) is 2.47. The number of aromatic nitrogens is 1. The third-order valence-electron chi connectivity index (χ3n) is 3.39. The standard InChI is InChI=1S/C14H21N3O2/c1-3-16-13-4-6-15-8-12(13)14(18)17-7-5-11(9-17)10-19-2/h4,6,8,11H,3,5,7,9-10H2,1-2H3,(H,15,16). The van der Waals surface area contributed by atoms with Gasteiger partial charge in [-0.05, 0) is 19.4 Å². The summed E-state index contributed by atoms with van der Waals surface area (Å²) in [4.78, 5) is 18.5. The molecule has 1 N–H and O–H groups in total. The van der Waals surface area contributed by atoms with Crippen molar-refractivity contribution < 1.29 is 9.53 Å². The van der Waals surface area contributed by atoms with E-state index in [1.54, 1.807) is 19.5 Å². The normalized spacial score (nSPS) is 18.6. The van der Waals surface area contributed by atoms with E-state index in [0.717, 1.165) is 38.3 Å². The molecule has 1 unspecified atom stereocenters. The highest BCUT2D eigenvalue weighted by molar-refractivity contribution is 5.99. The predicted octanol–water partition coefficient (Wildman–Crippen LogP) is 1.62. The Morgan fingerprint density at radius 3 is 3.21 bits per heavy atom. The van der Waals surface area contributed by atoms with Crippen molar-refractivity contribution in [3.05, 3.63) is 24.0 Å². The molecule has 2 rings (SSSR count). The van der Waals surface area contributed by atoms with Gasteiger partial charge >= 0.3 is 0 Å². The SMILES string of the molecule is CCNc1ccncc1C(=O)N1CCC(COC)C1. The Labute approximate surface area is 114 Å². The van der Waals surface area contributed by atoms with Crippen LogP contribution in [0.3, 0.4) is 0 Å². The van der Waals surface area contributed by atoms with Gasteiger partial charge in [0.2, 0.25) is 0 Å². The first kappa shape index (κ1) is 13.8. The fraction of sp³-hybridized carbons (Fsp3) is 0.571. The molecule has 0 saturated carbocycles. The number of hydrogen-bond donors (Lipinski definition) is 1. The van der Waals surface area contributed by atoms with E-state index in [-0.39, 0.29) is 5.91 Å². The molecule has 1 atom stereocenters. The summed E-state index contributed by atoms with van der Waals surface area (Å²) in [6.07, 6.45) is 4.35. The molecule has 5 nitrogen and oxygen atoms in total. The number of amides is 1. The molecule has 0 aliphatic carbocycles. The minimum absolute atomic E-state index is 0.0580. The van der Waals surface area contributed by atoms with Gasteiger partial charge in [-0.15, -0.1) is 0 Å². The molecule has 104 valence electrons. The van der Waals surface area contributed by atoms with Gasteiger partial charge in [-0.25, -0.2) is 0 Å². The van der Waals surface area contributed by atoms with Crippen molar-refractivity contribution in [1.82, 2.24) is 9.88 Å². The van der Waals surface area contributed by atoms with Crippen LogP contribution < -0.4 is 5.32 Å². The van der Waals surface area contributed by atoms with Gasteiger partial charge in [-0.2, -0.15) is 0 Å². The average molecular weight is 263 g/mol. The number of anilines is 1. The molecular weight excluding hydrogens is 242 g/mol. The zero-order valence-corrected chi connectivity index (χ0v) is 11.6. The van der Waals surface area contributed by atoms with E-state index >= 15 is 0 Å². The zero-order chi connectivity index (χ0) is 13.7. The highest BCUT2D eigenvalue weighted by Gasteiger charge is 2.28. The lowest BCUT2D eigenvalue weighted by Crippen LogP contribution is -2.30. The van der Waals surface area contributed by atoms with Gasteiger partial charge in [0.1, 0.15) is 0 Å². The number of rotatable bonds is 5. The third-order valence-corrected chi connectivity index (χ3v) is 3.39. The van der Waals surface area contributed by atoms with E-state index in [4.69, 9.17) is 4.74 Å². The quantitative estimate of drug-likeness (QED) is 0.877. The van der Waals surface area contributed by atoms with Crippen molar-refractivity contribution in [2.45, 2.75) is 13.3 Å². The smallest absolute Gasteiger partial charge is 0.257 e. The van der Waals surface area contributed by atoms with E-state index in [0.29, 0.717) is 11.5 Å². The first-order valence-corrected chi connectivity index (χ1v) is 6.72. The molecule has 0 aromatic carbocycles. The lowest BCUT2D eigenvalue weighted by Gasteiger charge is -2.18. The summed E-state index contributed by atoms with van der Waals surface area (Å²) in [5.74, 6) is 0.510. The third kappa shape index (κ3) is 3.23. The average Bonchev–Trinajstić information content (AvgIpc) is 2.88. The number of likely N-dealkylation sites (tertiary alicyclic amines) is 1. The topological polar surface area (TPSA) is 54.5 Å². The number of nitrogens with zero attached hydrogens (tertiary/aromatic N) is 2. The van der Waals surface area contributed by atoms with E-state index in [1.165, 1.54) is 0 Å². The maximum Gasteiger partial charge on any atom is 0.257 e. The van der Waals surface area contributed by atoms with Crippen LogP contribution in [0.2, 0.25) is 0 Å². The van der Waals surface area contributed by atoms with E-state index in [9.17, 15) is 4.79 Å². The van der Waals surface area contributed by atoms with Crippen LogP contribution >= 0.6 is 0 Å². The Hall–Kier alpha value is -1.62. The molecule has 1 aromatic rings. The van der Waals surface area contributed by atoms with E-state index in [1.807, 2.05) is 17.9 Å². The Morgan fingerprint density at radius 1 is 1.63 bits per heavy atom. The minimum atomic E-state index is 0.0580. The van der Waals surface area contributed by atoms with Crippen molar-refractivity contribution in [3.63, 3.8) is 0 Å². The Kier molecular flexibility index (Phi) is 4.74. The highest BCUT2D eigenvalue weighted by Crippen LogP contribution is 2.22. The number of ether oxygens (including phenoxy) is 1. The number of carbonyl (C=O) groups is 1. The van der Waals surface area contributed by atoms with Gasteiger partial charge in [-0.3, -0.25) is 9.78 Å². The monoisotopic (exact) mass is 263 g/mol. The molecule has 0 bridgehead atoms. The van der Waals surface area contributed by atoms with Crippen molar-refractivity contribution in [1.29, 1.82) is 0 Å². The van der Waals surface area contributed by atoms with Crippen LogP contribution in [-0.4, -0.2) is 49.1 Å². The van der Waals surface area contributed by atoms with Gasteiger partial charge in [-0.1, -0.05) is 0 Å². The van der Waals surface area contributed by atoms with E-state index in [2.05, 4.69) is 10.3 Å². The van der Waals surface area contributed by atoms with Gasteiger partial charge in [0.25, 0.3) is 5.91 Å². The minimum Gasteiger partial charge on any atom is -0.385 e. The lowest BCUT2D eigenvalue weighted by molar-refractivity contribution is 0.0776. The second-order valence-electron chi connectivity index (χ2n) is 4.81. The molecule has 1 aromatic heterocycles. The number of pyridine rings is 1. The molecule has 5 heteroatoms. The summed E-state index contributed by atoms with van der Waals surface area (Å²) in [5.41, 5.74) is 1.51. The predicted molar refractivity (Wildman–Crippen MR) is 74.3 cm³/mol.